The van der Waals surface area contributed by atoms with Crippen LogP contribution >= 0.6 is 0 Å². The lowest BCUT2D eigenvalue weighted by Crippen LogP contribution is -2.43. The number of rotatable bonds is 6. The SMILES string of the molecule is CCOC(=O)C(C)C(O)(Cn1cncn1)c1ccc(F)cc1F. The van der Waals surface area contributed by atoms with Gasteiger partial charge in [0.05, 0.1) is 19.1 Å². The van der Waals surface area contributed by atoms with E-state index in [1.807, 2.05) is 0 Å². The summed E-state index contributed by atoms with van der Waals surface area (Å²) in [6.45, 7) is 2.92. The molecular formula is C15H17F2N3O3. The van der Waals surface area contributed by atoms with Crippen LogP contribution in [0, 0.1) is 17.6 Å². The molecule has 1 N–H and O–H groups in total. The lowest BCUT2D eigenvalue weighted by atomic mass is 9.81. The van der Waals surface area contributed by atoms with Gasteiger partial charge >= 0.3 is 5.97 Å². The normalized spacial score (nSPS) is 15.0. The fourth-order valence-electron chi connectivity index (χ4n) is 2.32. The summed E-state index contributed by atoms with van der Waals surface area (Å²) in [5, 5.41) is 14.9. The van der Waals surface area contributed by atoms with Crippen molar-refractivity contribution in [2.75, 3.05) is 6.61 Å². The van der Waals surface area contributed by atoms with Crippen LogP contribution in [0.1, 0.15) is 19.4 Å². The van der Waals surface area contributed by atoms with Crippen LogP contribution < -0.4 is 0 Å². The molecule has 2 atom stereocenters. The Balaban J connectivity index is 2.47. The number of hydrogen-bond donors (Lipinski definition) is 1. The number of nitrogens with zero attached hydrogens (tertiary/aromatic N) is 3. The molecule has 0 aliphatic carbocycles. The summed E-state index contributed by atoms with van der Waals surface area (Å²) in [4.78, 5) is 15.8. The standard InChI is InChI=1S/C15H17F2N3O3/c1-3-23-14(21)10(2)15(22,7-20-9-18-8-19-20)12-5-4-11(16)6-13(12)17/h4-6,8-10,22H,3,7H2,1-2H3. The molecule has 8 heteroatoms. The molecule has 6 nitrogen and oxygen atoms in total. The van der Waals surface area contributed by atoms with E-state index in [1.54, 1.807) is 6.92 Å². The molecule has 0 spiro atoms. The van der Waals surface area contributed by atoms with E-state index in [9.17, 15) is 18.7 Å². The van der Waals surface area contributed by atoms with E-state index in [-0.39, 0.29) is 18.7 Å². The van der Waals surface area contributed by atoms with Gasteiger partial charge in [0.2, 0.25) is 0 Å². The second-order valence-corrected chi connectivity index (χ2v) is 5.12. The van der Waals surface area contributed by atoms with E-state index in [0.717, 1.165) is 12.1 Å². The van der Waals surface area contributed by atoms with E-state index >= 15 is 0 Å². The Labute approximate surface area is 131 Å². The van der Waals surface area contributed by atoms with E-state index in [1.165, 1.54) is 24.3 Å². The third kappa shape index (κ3) is 3.53. The molecule has 2 aromatic rings. The Kier molecular flexibility index (Phi) is 5.05. The topological polar surface area (TPSA) is 77.2 Å². The minimum atomic E-state index is -1.97. The van der Waals surface area contributed by atoms with Crippen molar-refractivity contribution in [3.8, 4) is 0 Å². The van der Waals surface area contributed by atoms with Gasteiger partial charge < -0.3 is 9.84 Å². The maximum atomic E-state index is 14.2. The van der Waals surface area contributed by atoms with Gasteiger partial charge in [0, 0.05) is 11.6 Å². The molecule has 0 aliphatic heterocycles. The molecular weight excluding hydrogens is 308 g/mol. The molecule has 1 heterocycles. The van der Waals surface area contributed by atoms with E-state index in [2.05, 4.69) is 10.1 Å². The minimum Gasteiger partial charge on any atom is -0.466 e. The van der Waals surface area contributed by atoms with Gasteiger partial charge in [-0.25, -0.2) is 18.4 Å². The van der Waals surface area contributed by atoms with Crippen molar-refractivity contribution >= 4 is 5.97 Å². The molecule has 0 saturated carbocycles. The molecule has 23 heavy (non-hydrogen) atoms. The molecule has 0 radical (unpaired) electrons. The fraction of sp³-hybridized carbons (Fsp3) is 0.400. The Bertz CT molecular complexity index is 679. The van der Waals surface area contributed by atoms with Crippen LogP contribution in [0.25, 0.3) is 0 Å². The number of esters is 1. The highest BCUT2D eigenvalue weighted by Crippen LogP contribution is 2.34. The molecule has 1 aromatic heterocycles. The monoisotopic (exact) mass is 325 g/mol. The summed E-state index contributed by atoms with van der Waals surface area (Å²) in [7, 11) is 0. The third-order valence-corrected chi connectivity index (χ3v) is 3.62. The highest BCUT2D eigenvalue weighted by atomic mass is 19.1. The number of aliphatic hydroxyl groups is 1. The molecule has 0 amide bonds. The fourth-order valence-corrected chi connectivity index (χ4v) is 2.32. The zero-order chi connectivity index (χ0) is 17.0. The molecule has 0 aliphatic rings. The van der Waals surface area contributed by atoms with Crippen molar-refractivity contribution in [2.24, 2.45) is 5.92 Å². The quantitative estimate of drug-likeness (QED) is 0.817. The number of ether oxygens (including phenoxy) is 1. The first-order valence-corrected chi connectivity index (χ1v) is 7.05. The Morgan fingerprint density at radius 1 is 1.48 bits per heavy atom. The Morgan fingerprint density at radius 2 is 2.22 bits per heavy atom. The summed E-state index contributed by atoms with van der Waals surface area (Å²) < 4.78 is 33.5. The van der Waals surface area contributed by atoms with Crippen molar-refractivity contribution in [1.29, 1.82) is 0 Å². The predicted octanol–water partition coefficient (Wildman–Crippen LogP) is 1.64. The van der Waals surface area contributed by atoms with E-state index in [0.29, 0.717) is 6.07 Å². The number of aromatic nitrogens is 3. The largest absolute Gasteiger partial charge is 0.466 e. The van der Waals surface area contributed by atoms with Gasteiger partial charge in [-0.05, 0) is 19.9 Å². The third-order valence-electron chi connectivity index (χ3n) is 3.62. The Hall–Kier alpha value is -2.35. The van der Waals surface area contributed by atoms with Crippen LogP contribution in [-0.4, -0.2) is 32.4 Å². The predicted molar refractivity (Wildman–Crippen MR) is 76.1 cm³/mol. The first-order chi connectivity index (χ1) is 10.9. The number of carbonyl (C=O) groups excluding carboxylic acids is 1. The summed E-state index contributed by atoms with van der Waals surface area (Å²) in [6, 6.07) is 2.78. The average Bonchev–Trinajstić information content (AvgIpc) is 2.99. The summed E-state index contributed by atoms with van der Waals surface area (Å²) in [5.41, 5.74) is -2.19. The summed E-state index contributed by atoms with van der Waals surface area (Å²) in [5.74, 6) is -3.53. The van der Waals surface area contributed by atoms with Gasteiger partial charge in [0.1, 0.15) is 29.9 Å². The number of carbonyl (C=O) groups is 1. The highest BCUT2D eigenvalue weighted by molar-refractivity contribution is 5.73. The highest BCUT2D eigenvalue weighted by Gasteiger charge is 2.43. The van der Waals surface area contributed by atoms with Crippen molar-refractivity contribution in [1.82, 2.24) is 14.8 Å². The zero-order valence-electron chi connectivity index (χ0n) is 12.7. The Morgan fingerprint density at radius 3 is 2.78 bits per heavy atom. The molecule has 124 valence electrons. The van der Waals surface area contributed by atoms with Crippen LogP contribution in [0.2, 0.25) is 0 Å². The molecule has 0 bridgehead atoms. The van der Waals surface area contributed by atoms with Crippen molar-refractivity contribution in [3.05, 3.63) is 48.1 Å². The first kappa shape index (κ1) is 17.0. The number of benzene rings is 1. The summed E-state index contributed by atoms with van der Waals surface area (Å²) in [6.07, 6.45) is 2.57. The van der Waals surface area contributed by atoms with Gasteiger partial charge in [-0.3, -0.25) is 4.79 Å². The van der Waals surface area contributed by atoms with Gasteiger partial charge in [0.15, 0.2) is 0 Å². The minimum absolute atomic E-state index is 0.120. The lowest BCUT2D eigenvalue weighted by molar-refractivity contribution is -0.159. The van der Waals surface area contributed by atoms with Crippen molar-refractivity contribution in [3.63, 3.8) is 0 Å². The molecule has 0 fully saturated rings. The van der Waals surface area contributed by atoms with Gasteiger partial charge in [-0.1, -0.05) is 6.07 Å². The smallest absolute Gasteiger partial charge is 0.312 e. The zero-order valence-corrected chi connectivity index (χ0v) is 12.7. The van der Waals surface area contributed by atoms with Crippen molar-refractivity contribution < 1.29 is 23.4 Å². The molecule has 1 aromatic carbocycles. The molecule has 2 unspecified atom stereocenters. The van der Waals surface area contributed by atoms with Crippen LogP contribution in [0.4, 0.5) is 8.78 Å². The number of halogens is 2. The van der Waals surface area contributed by atoms with Gasteiger partial charge in [-0.2, -0.15) is 5.10 Å². The lowest BCUT2D eigenvalue weighted by Gasteiger charge is -2.33. The first-order valence-electron chi connectivity index (χ1n) is 7.05. The molecule has 0 saturated heterocycles. The van der Waals surface area contributed by atoms with Gasteiger partial charge in [0.25, 0.3) is 0 Å². The van der Waals surface area contributed by atoms with Crippen LogP contribution in [-0.2, 0) is 21.7 Å². The summed E-state index contributed by atoms with van der Waals surface area (Å²) >= 11 is 0. The number of hydrogen-bond acceptors (Lipinski definition) is 5. The average molecular weight is 325 g/mol. The molecule has 2 rings (SSSR count). The second-order valence-electron chi connectivity index (χ2n) is 5.12. The van der Waals surface area contributed by atoms with E-state index in [4.69, 9.17) is 4.74 Å². The van der Waals surface area contributed by atoms with Crippen LogP contribution in [0.3, 0.4) is 0 Å². The van der Waals surface area contributed by atoms with Gasteiger partial charge in [-0.15, -0.1) is 0 Å². The van der Waals surface area contributed by atoms with Crippen LogP contribution in [0.15, 0.2) is 30.9 Å². The van der Waals surface area contributed by atoms with E-state index < -0.39 is 29.1 Å². The maximum absolute atomic E-state index is 14.2. The van der Waals surface area contributed by atoms with Crippen LogP contribution in [0.5, 0.6) is 0 Å². The second kappa shape index (κ2) is 6.82. The van der Waals surface area contributed by atoms with Crippen molar-refractivity contribution in [2.45, 2.75) is 26.0 Å². The maximum Gasteiger partial charge on any atom is 0.312 e.